The Balaban J connectivity index is 3.01. The molecule has 1 aromatic rings. The fourth-order valence-electron chi connectivity index (χ4n) is 1.17. The van der Waals surface area contributed by atoms with Crippen molar-refractivity contribution < 1.29 is 12.8 Å². The van der Waals surface area contributed by atoms with Gasteiger partial charge in [0, 0.05) is 18.1 Å². The summed E-state index contributed by atoms with van der Waals surface area (Å²) in [6.45, 7) is 3.65. The minimum Gasteiger partial charge on any atom is -0.241 e. The molecule has 7 heteroatoms. The van der Waals surface area contributed by atoms with Crippen LogP contribution in [0.25, 0.3) is 0 Å². The van der Waals surface area contributed by atoms with Crippen LogP contribution in [0.5, 0.6) is 0 Å². The monoisotopic (exact) mass is 280 g/mol. The van der Waals surface area contributed by atoms with Crippen molar-refractivity contribution in [2.24, 2.45) is 5.92 Å². The first kappa shape index (κ1) is 14.3. The van der Waals surface area contributed by atoms with Gasteiger partial charge < -0.3 is 0 Å². The van der Waals surface area contributed by atoms with E-state index in [9.17, 15) is 12.8 Å². The number of nitrogens with one attached hydrogen (secondary N) is 1. The molecule has 0 aliphatic carbocycles. The van der Waals surface area contributed by atoms with Crippen LogP contribution in [0.2, 0.25) is 0 Å². The molecule has 0 saturated heterocycles. The van der Waals surface area contributed by atoms with Crippen molar-refractivity contribution in [3.05, 3.63) is 24.1 Å². The summed E-state index contributed by atoms with van der Waals surface area (Å²) in [5.41, 5.74) is 0. The van der Waals surface area contributed by atoms with Crippen molar-refractivity contribution in [3.63, 3.8) is 0 Å². The van der Waals surface area contributed by atoms with Gasteiger partial charge in [0.2, 0.25) is 5.03 Å². The number of alkyl halides is 1. The Labute approximate surface area is 105 Å². The van der Waals surface area contributed by atoms with Gasteiger partial charge in [-0.1, -0.05) is 13.8 Å². The molecule has 0 spiro atoms. The van der Waals surface area contributed by atoms with Crippen LogP contribution in [0, 0.1) is 11.7 Å². The van der Waals surface area contributed by atoms with Gasteiger partial charge in [0.15, 0.2) is 5.82 Å². The van der Waals surface area contributed by atoms with Crippen molar-refractivity contribution in [2.75, 3.05) is 5.88 Å². The standard InChI is InChI=1S/C10H14ClFN2O2S/c1-7(2)9(6-11)14-17(15,16)10-8(12)4-3-5-13-10/h3-5,7,9,14H,6H2,1-2H3. The van der Waals surface area contributed by atoms with E-state index in [1.165, 1.54) is 12.3 Å². The SMILES string of the molecule is CC(C)C(CCl)NS(=O)(=O)c1ncccc1F. The number of halogens is 2. The van der Waals surface area contributed by atoms with E-state index in [0.29, 0.717) is 0 Å². The maximum atomic E-state index is 13.3. The second kappa shape index (κ2) is 5.75. The minimum absolute atomic E-state index is 0.00838. The van der Waals surface area contributed by atoms with Gasteiger partial charge in [0.25, 0.3) is 10.0 Å². The number of hydrogen-bond acceptors (Lipinski definition) is 3. The van der Waals surface area contributed by atoms with E-state index in [-0.39, 0.29) is 11.8 Å². The van der Waals surface area contributed by atoms with Gasteiger partial charge in [-0.3, -0.25) is 0 Å². The number of rotatable bonds is 5. The molecule has 96 valence electrons. The second-order valence-corrected chi connectivity index (χ2v) is 5.85. The van der Waals surface area contributed by atoms with E-state index in [2.05, 4.69) is 9.71 Å². The summed E-state index contributed by atoms with van der Waals surface area (Å²) in [6, 6.07) is 1.92. The highest BCUT2D eigenvalue weighted by Crippen LogP contribution is 2.13. The van der Waals surface area contributed by atoms with Crippen LogP contribution in [0.1, 0.15) is 13.8 Å². The summed E-state index contributed by atoms with van der Waals surface area (Å²) in [4.78, 5) is 3.53. The predicted molar refractivity (Wildman–Crippen MR) is 63.9 cm³/mol. The van der Waals surface area contributed by atoms with Gasteiger partial charge in [0.05, 0.1) is 0 Å². The zero-order valence-electron chi connectivity index (χ0n) is 9.52. The van der Waals surface area contributed by atoms with Crippen LogP contribution in [0.3, 0.4) is 0 Å². The number of aromatic nitrogens is 1. The number of pyridine rings is 1. The van der Waals surface area contributed by atoms with E-state index in [1.807, 2.05) is 13.8 Å². The molecule has 0 aliphatic rings. The highest BCUT2D eigenvalue weighted by Gasteiger charge is 2.25. The quantitative estimate of drug-likeness (QED) is 0.836. The summed E-state index contributed by atoms with van der Waals surface area (Å²) in [5, 5.41) is -0.601. The van der Waals surface area contributed by atoms with Crippen LogP contribution < -0.4 is 4.72 Å². The van der Waals surface area contributed by atoms with Crippen LogP contribution in [0.4, 0.5) is 4.39 Å². The molecule has 0 aromatic carbocycles. The minimum atomic E-state index is -3.97. The van der Waals surface area contributed by atoms with E-state index in [4.69, 9.17) is 11.6 Å². The van der Waals surface area contributed by atoms with E-state index in [1.54, 1.807) is 0 Å². The largest absolute Gasteiger partial charge is 0.261 e. The van der Waals surface area contributed by atoms with Crippen molar-refractivity contribution in [3.8, 4) is 0 Å². The van der Waals surface area contributed by atoms with Crippen molar-refractivity contribution >= 4 is 21.6 Å². The maximum absolute atomic E-state index is 13.3. The molecule has 1 unspecified atom stereocenters. The Bertz CT molecular complexity index is 479. The first-order valence-electron chi connectivity index (χ1n) is 5.07. The molecule has 0 aliphatic heterocycles. The third-order valence-corrected chi connectivity index (χ3v) is 4.01. The van der Waals surface area contributed by atoms with Gasteiger partial charge in [-0.25, -0.2) is 22.5 Å². The molecule has 0 saturated carbocycles. The molecule has 1 aromatic heterocycles. The Kier molecular flexibility index (Phi) is 4.85. The molecule has 1 rings (SSSR count). The van der Waals surface area contributed by atoms with E-state index < -0.39 is 26.9 Å². The maximum Gasteiger partial charge on any atom is 0.261 e. The van der Waals surface area contributed by atoms with Crippen molar-refractivity contribution in [2.45, 2.75) is 24.9 Å². The Hall–Kier alpha value is -0.720. The Morgan fingerprint density at radius 2 is 2.18 bits per heavy atom. The number of sulfonamides is 1. The highest BCUT2D eigenvalue weighted by atomic mass is 35.5. The first-order valence-corrected chi connectivity index (χ1v) is 7.09. The zero-order chi connectivity index (χ0) is 13.1. The van der Waals surface area contributed by atoms with Crippen LogP contribution in [-0.4, -0.2) is 25.3 Å². The topological polar surface area (TPSA) is 59.1 Å². The smallest absolute Gasteiger partial charge is 0.241 e. The molecular formula is C10H14ClFN2O2S. The second-order valence-electron chi connectivity index (χ2n) is 3.92. The fourth-order valence-corrected chi connectivity index (χ4v) is 3.08. The lowest BCUT2D eigenvalue weighted by molar-refractivity contribution is 0.474. The average molecular weight is 281 g/mol. The summed E-state index contributed by atoms with van der Waals surface area (Å²) >= 11 is 5.65. The molecule has 0 amide bonds. The van der Waals surface area contributed by atoms with Crippen molar-refractivity contribution in [1.82, 2.24) is 9.71 Å². The van der Waals surface area contributed by atoms with Gasteiger partial charge in [-0.05, 0) is 18.1 Å². The third-order valence-electron chi connectivity index (χ3n) is 2.26. The molecule has 1 N–H and O–H groups in total. The van der Waals surface area contributed by atoms with Crippen LogP contribution in [0.15, 0.2) is 23.4 Å². The normalized spacial score (nSPS) is 13.9. The van der Waals surface area contributed by atoms with Crippen LogP contribution in [-0.2, 0) is 10.0 Å². The summed E-state index contributed by atoms with van der Waals surface area (Å²) in [6.07, 6.45) is 1.22. The molecule has 0 fully saturated rings. The van der Waals surface area contributed by atoms with Gasteiger partial charge >= 0.3 is 0 Å². The van der Waals surface area contributed by atoms with Crippen LogP contribution >= 0.6 is 11.6 Å². The fraction of sp³-hybridized carbons (Fsp3) is 0.500. The summed E-state index contributed by atoms with van der Waals surface area (Å²) in [5.74, 6) is -0.753. The summed E-state index contributed by atoms with van der Waals surface area (Å²) in [7, 11) is -3.97. The van der Waals surface area contributed by atoms with Gasteiger partial charge in [-0.15, -0.1) is 11.6 Å². The average Bonchev–Trinajstić information content (AvgIpc) is 2.26. The third kappa shape index (κ3) is 3.62. The molecule has 0 radical (unpaired) electrons. The lowest BCUT2D eigenvalue weighted by atomic mass is 10.1. The van der Waals surface area contributed by atoms with Gasteiger partial charge in [0.1, 0.15) is 0 Å². The molecule has 0 bridgehead atoms. The highest BCUT2D eigenvalue weighted by molar-refractivity contribution is 7.89. The van der Waals surface area contributed by atoms with E-state index >= 15 is 0 Å². The first-order chi connectivity index (χ1) is 7.88. The molecule has 17 heavy (non-hydrogen) atoms. The predicted octanol–water partition coefficient (Wildman–Crippen LogP) is 1.76. The molecule has 1 heterocycles. The summed E-state index contributed by atoms with van der Waals surface area (Å²) < 4.78 is 39.4. The molecule has 1 atom stereocenters. The van der Waals surface area contributed by atoms with E-state index in [0.717, 1.165) is 6.07 Å². The Morgan fingerprint density at radius 1 is 1.53 bits per heavy atom. The number of hydrogen-bond donors (Lipinski definition) is 1. The lowest BCUT2D eigenvalue weighted by Crippen LogP contribution is -2.40. The molecular weight excluding hydrogens is 267 g/mol. The lowest BCUT2D eigenvalue weighted by Gasteiger charge is -2.19. The van der Waals surface area contributed by atoms with Gasteiger partial charge in [-0.2, -0.15) is 0 Å². The van der Waals surface area contributed by atoms with Crippen molar-refractivity contribution in [1.29, 1.82) is 0 Å². The Morgan fingerprint density at radius 3 is 2.65 bits per heavy atom. The zero-order valence-corrected chi connectivity index (χ0v) is 11.1. The molecule has 4 nitrogen and oxygen atoms in total. The number of nitrogens with zero attached hydrogens (tertiary/aromatic N) is 1.